The number of nitrogens with zero attached hydrogens (tertiary/aromatic N) is 2. The van der Waals surface area contributed by atoms with Gasteiger partial charge >= 0.3 is 0 Å². The highest BCUT2D eigenvalue weighted by molar-refractivity contribution is 6.31. The van der Waals surface area contributed by atoms with Crippen molar-refractivity contribution >= 4 is 11.6 Å². The van der Waals surface area contributed by atoms with Crippen LogP contribution in [0.5, 0.6) is 0 Å². The maximum absolute atomic E-state index is 6.43. The summed E-state index contributed by atoms with van der Waals surface area (Å²) in [6.07, 6.45) is 8.38. The number of hydrogen-bond acceptors (Lipinski definition) is 2. The molecular weight excluding hydrogens is 270 g/mol. The van der Waals surface area contributed by atoms with Gasteiger partial charge in [-0.2, -0.15) is 5.10 Å². The van der Waals surface area contributed by atoms with Gasteiger partial charge < -0.3 is 5.32 Å². The van der Waals surface area contributed by atoms with Gasteiger partial charge in [0, 0.05) is 18.5 Å². The Bertz CT molecular complexity index is 414. The Labute approximate surface area is 128 Å². The molecule has 1 aromatic rings. The minimum absolute atomic E-state index is 0.547. The van der Waals surface area contributed by atoms with E-state index < -0.39 is 0 Å². The van der Waals surface area contributed by atoms with Gasteiger partial charge in [0.25, 0.3) is 0 Å². The lowest BCUT2D eigenvalue weighted by Crippen LogP contribution is -2.32. The van der Waals surface area contributed by atoms with Gasteiger partial charge in [-0.15, -0.1) is 0 Å². The molecule has 2 unspecified atom stereocenters. The molecule has 3 nitrogen and oxygen atoms in total. The van der Waals surface area contributed by atoms with Crippen molar-refractivity contribution in [3.8, 4) is 0 Å². The summed E-state index contributed by atoms with van der Waals surface area (Å²) < 4.78 is 2.10. The highest BCUT2D eigenvalue weighted by Gasteiger charge is 2.29. The van der Waals surface area contributed by atoms with E-state index in [0.29, 0.717) is 17.9 Å². The summed E-state index contributed by atoms with van der Waals surface area (Å²) in [6.45, 7) is 8.57. The summed E-state index contributed by atoms with van der Waals surface area (Å²) >= 11 is 6.43. The van der Waals surface area contributed by atoms with Crippen LogP contribution in [0.4, 0.5) is 0 Å². The topological polar surface area (TPSA) is 29.9 Å². The molecule has 4 heteroatoms. The van der Waals surface area contributed by atoms with Crippen LogP contribution in [-0.4, -0.2) is 22.4 Å². The van der Waals surface area contributed by atoms with E-state index in [-0.39, 0.29) is 0 Å². The van der Waals surface area contributed by atoms with Crippen molar-refractivity contribution in [3.05, 3.63) is 16.9 Å². The van der Waals surface area contributed by atoms with Crippen LogP contribution < -0.4 is 5.32 Å². The first-order chi connectivity index (χ1) is 9.63. The van der Waals surface area contributed by atoms with Crippen LogP contribution >= 0.6 is 11.6 Å². The Morgan fingerprint density at radius 2 is 2.10 bits per heavy atom. The van der Waals surface area contributed by atoms with E-state index in [9.17, 15) is 0 Å². The minimum atomic E-state index is 0.547. The van der Waals surface area contributed by atoms with Gasteiger partial charge in [-0.25, -0.2) is 0 Å². The molecule has 1 aromatic heterocycles. The van der Waals surface area contributed by atoms with E-state index in [1.807, 2.05) is 6.20 Å². The predicted molar refractivity (Wildman–Crippen MR) is 85.4 cm³/mol. The third-order valence-electron chi connectivity index (χ3n) is 4.43. The van der Waals surface area contributed by atoms with Gasteiger partial charge in [0.2, 0.25) is 0 Å². The minimum Gasteiger partial charge on any atom is -0.314 e. The zero-order valence-electron chi connectivity index (χ0n) is 13.0. The number of aromatic nitrogens is 2. The molecule has 1 aliphatic carbocycles. The number of aryl methyl sites for hydroxylation is 1. The van der Waals surface area contributed by atoms with Crippen LogP contribution in [0.25, 0.3) is 0 Å². The fourth-order valence-electron chi connectivity index (χ4n) is 3.37. The molecular formula is C16H28ClN3. The van der Waals surface area contributed by atoms with Crippen LogP contribution in [0.1, 0.15) is 64.5 Å². The van der Waals surface area contributed by atoms with Crippen molar-refractivity contribution in [1.82, 2.24) is 15.1 Å². The van der Waals surface area contributed by atoms with Crippen LogP contribution in [0.2, 0.25) is 5.02 Å². The second kappa shape index (κ2) is 7.46. The molecule has 20 heavy (non-hydrogen) atoms. The molecule has 1 aliphatic rings. The standard InChI is InChI=1S/C16H28ClN3/c1-4-20-16(15(17)11-19-20)14-9-7-5-6-8-13(14)10-18-12(2)3/h11-14,18H,4-10H2,1-3H3. The molecule has 0 bridgehead atoms. The molecule has 1 heterocycles. The largest absolute Gasteiger partial charge is 0.314 e. The monoisotopic (exact) mass is 297 g/mol. The van der Waals surface area contributed by atoms with E-state index in [1.54, 1.807) is 0 Å². The van der Waals surface area contributed by atoms with Gasteiger partial charge in [-0.1, -0.05) is 44.7 Å². The third-order valence-corrected chi connectivity index (χ3v) is 4.72. The fraction of sp³-hybridized carbons (Fsp3) is 0.812. The van der Waals surface area contributed by atoms with Crippen molar-refractivity contribution in [2.24, 2.45) is 5.92 Å². The average molecular weight is 298 g/mol. The number of halogens is 1. The number of rotatable bonds is 5. The lowest BCUT2D eigenvalue weighted by atomic mass is 9.85. The zero-order valence-corrected chi connectivity index (χ0v) is 13.8. The summed E-state index contributed by atoms with van der Waals surface area (Å²) in [7, 11) is 0. The lowest BCUT2D eigenvalue weighted by molar-refractivity contribution is 0.348. The molecule has 1 saturated carbocycles. The van der Waals surface area contributed by atoms with Gasteiger partial charge in [0.1, 0.15) is 0 Å². The SMILES string of the molecule is CCn1ncc(Cl)c1C1CCCCCC1CNC(C)C. The number of hydrogen-bond donors (Lipinski definition) is 1. The van der Waals surface area contributed by atoms with Crippen molar-refractivity contribution < 1.29 is 0 Å². The van der Waals surface area contributed by atoms with E-state index in [2.05, 4.69) is 35.9 Å². The Morgan fingerprint density at radius 3 is 2.80 bits per heavy atom. The molecule has 0 radical (unpaired) electrons. The van der Waals surface area contributed by atoms with Gasteiger partial charge in [0.15, 0.2) is 0 Å². The predicted octanol–water partition coefficient (Wildman–Crippen LogP) is 4.22. The van der Waals surface area contributed by atoms with Crippen molar-refractivity contribution in [3.63, 3.8) is 0 Å². The molecule has 2 rings (SSSR count). The summed E-state index contributed by atoms with van der Waals surface area (Å²) in [6, 6.07) is 0.547. The zero-order chi connectivity index (χ0) is 14.5. The second-order valence-corrected chi connectivity index (χ2v) is 6.67. The molecule has 0 amide bonds. The fourth-order valence-corrected chi connectivity index (χ4v) is 3.65. The average Bonchev–Trinajstić information content (AvgIpc) is 2.65. The first-order valence-electron chi connectivity index (χ1n) is 8.08. The van der Waals surface area contributed by atoms with Crippen molar-refractivity contribution in [2.75, 3.05) is 6.54 Å². The lowest BCUT2D eigenvalue weighted by Gasteiger charge is -2.27. The highest BCUT2D eigenvalue weighted by atomic mass is 35.5. The van der Waals surface area contributed by atoms with Crippen molar-refractivity contribution in [1.29, 1.82) is 0 Å². The summed E-state index contributed by atoms with van der Waals surface area (Å²) in [5.74, 6) is 1.23. The Kier molecular flexibility index (Phi) is 5.91. The molecule has 0 aliphatic heterocycles. The summed E-state index contributed by atoms with van der Waals surface area (Å²) in [4.78, 5) is 0. The maximum Gasteiger partial charge on any atom is 0.0820 e. The van der Waals surface area contributed by atoms with E-state index >= 15 is 0 Å². The van der Waals surface area contributed by atoms with Crippen molar-refractivity contribution in [2.45, 2.75) is 71.4 Å². The third kappa shape index (κ3) is 3.76. The van der Waals surface area contributed by atoms with E-state index in [0.717, 1.165) is 18.1 Å². The molecule has 1 N–H and O–H groups in total. The molecule has 1 fully saturated rings. The van der Waals surface area contributed by atoms with E-state index in [1.165, 1.54) is 37.8 Å². The molecule has 0 aromatic carbocycles. The normalized spacial score (nSPS) is 24.1. The molecule has 114 valence electrons. The van der Waals surface area contributed by atoms with Gasteiger partial charge in [0.05, 0.1) is 16.9 Å². The van der Waals surface area contributed by atoms with E-state index in [4.69, 9.17) is 11.6 Å². The Hall–Kier alpha value is -0.540. The Balaban J connectivity index is 2.20. The quantitative estimate of drug-likeness (QED) is 0.825. The van der Waals surface area contributed by atoms with Gasteiger partial charge in [-0.05, 0) is 32.2 Å². The molecule has 0 spiro atoms. The molecule has 2 atom stereocenters. The second-order valence-electron chi connectivity index (χ2n) is 6.26. The summed E-state index contributed by atoms with van der Waals surface area (Å²) in [5, 5.41) is 8.91. The maximum atomic E-state index is 6.43. The van der Waals surface area contributed by atoms with Crippen LogP contribution in [-0.2, 0) is 6.54 Å². The number of nitrogens with one attached hydrogen (secondary N) is 1. The summed E-state index contributed by atoms with van der Waals surface area (Å²) in [5.41, 5.74) is 1.27. The van der Waals surface area contributed by atoms with Crippen LogP contribution in [0.15, 0.2) is 6.20 Å². The Morgan fingerprint density at radius 1 is 1.35 bits per heavy atom. The smallest absolute Gasteiger partial charge is 0.0820 e. The first kappa shape index (κ1) is 15.8. The molecule has 0 saturated heterocycles. The highest BCUT2D eigenvalue weighted by Crippen LogP contribution is 2.39. The van der Waals surface area contributed by atoms with Crippen LogP contribution in [0, 0.1) is 5.92 Å². The van der Waals surface area contributed by atoms with Gasteiger partial charge in [-0.3, -0.25) is 4.68 Å². The van der Waals surface area contributed by atoms with Crippen LogP contribution in [0.3, 0.4) is 0 Å². The first-order valence-corrected chi connectivity index (χ1v) is 8.45.